The zero-order valence-electron chi connectivity index (χ0n) is 11.7. The first-order chi connectivity index (χ1) is 9.26. The van der Waals surface area contributed by atoms with Gasteiger partial charge in [-0.15, -0.1) is 0 Å². The van der Waals surface area contributed by atoms with E-state index < -0.39 is 15.9 Å². The molecule has 0 saturated carbocycles. The summed E-state index contributed by atoms with van der Waals surface area (Å²) in [5.74, 6) is -0.158. The van der Waals surface area contributed by atoms with Gasteiger partial charge in [-0.2, -0.15) is 0 Å². The molecule has 0 unspecified atom stereocenters. The van der Waals surface area contributed by atoms with E-state index in [2.05, 4.69) is 20.0 Å². The molecule has 1 heterocycles. The highest BCUT2D eigenvalue weighted by atomic mass is 32.2. The molecule has 0 aliphatic carbocycles. The minimum absolute atomic E-state index is 0.0253. The number of anilines is 1. The molecule has 0 fully saturated rings. The van der Waals surface area contributed by atoms with Gasteiger partial charge in [0.25, 0.3) is 5.91 Å². The Morgan fingerprint density at radius 1 is 1.45 bits per heavy atom. The van der Waals surface area contributed by atoms with Crippen LogP contribution in [0.2, 0.25) is 0 Å². The van der Waals surface area contributed by atoms with Crippen molar-refractivity contribution in [3.63, 3.8) is 0 Å². The number of carbonyl (C=O) groups is 1. The Morgan fingerprint density at radius 2 is 2.10 bits per heavy atom. The molecule has 1 aromatic heterocycles. The van der Waals surface area contributed by atoms with Gasteiger partial charge in [-0.25, -0.2) is 23.1 Å². The number of nitrogens with two attached hydrogens (primary N) is 1. The summed E-state index contributed by atoms with van der Waals surface area (Å²) in [7, 11) is -2.04. The Balaban J connectivity index is 2.75. The number of nitrogens with zero attached hydrogens (tertiary/aromatic N) is 2. The SMILES string of the molecule is CNS(=O)(=O)CCNC(=O)c1nc(C(C)C)ncc1N. The summed E-state index contributed by atoms with van der Waals surface area (Å²) < 4.78 is 24.6. The maximum Gasteiger partial charge on any atom is 0.272 e. The third-order valence-corrected chi connectivity index (χ3v) is 3.90. The molecule has 0 aliphatic heterocycles. The second-order valence-corrected chi connectivity index (χ2v) is 6.51. The maximum atomic E-state index is 11.9. The molecule has 112 valence electrons. The molecule has 0 atom stereocenters. The Morgan fingerprint density at radius 3 is 2.65 bits per heavy atom. The smallest absolute Gasteiger partial charge is 0.272 e. The number of sulfonamides is 1. The molecule has 1 amide bonds. The third kappa shape index (κ3) is 4.42. The first-order valence-electron chi connectivity index (χ1n) is 6.08. The highest BCUT2D eigenvalue weighted by molar-refractivity contribution is 7.89. The van der Waals surface area contributed by atoms with Gasteiger partial charge in [0, 0.05) is 12.5 Å². The second kappa shape index (κ2) is 6.62. The van der Waals surface area contributed by atoms with E-state index in [1.54, 1.807) is 0 Å². The lowest BCUT2D eigenvalue weighted by atomic mass is 10.2. The van der Waals surface area contributed by atoms with Crippen molar-refractivity contribution in [2.75, 3.05) is 25.1 Å². The molecule has 0 spiro atoms. The minimum atomic E-state index is -3.36. The summed E-state index contributed by atoms with van der Waals surface area (Å²) in [4.78, 5) is 20.0. The van der Waals surface area contributed by atoms with Crippen LogP contribution >= 0.6 is 0 Å². The van der Waals surface area contributed by atoms with Crippen LogP contribution in [-0.2, 0) is 10.0 Å². The van der Waals surface area contributed by atoms with Crippen LogP contribution in [0.1, 0.15) is 36.1 Å². The van der Waals surface area contributed by atoms with Crippen molar-refractivity contribution in [3.05, 3.63) is 17.7 Å². The fraction of sp³-hybridized carbons (Fsp3) is 0.545. The number of carbonyl (C=O) groups excluding carboxylic acids is 1. The monoisotopic (exact) mass is 301 g/mol. The lowest BCUT2D eigenvalue weighted by molar-refractivity contribution is 0.0951. The fourth-order valence-electron chi connectivity index (χ4n) is 1.35. The number of aromatic nitrogens is 2. The van der Waals surface area contributed by atoms with E-state index in [9.17, 15) is 13.2 Å². The zero-order chi connectivity index (χ0) is 15.3. The van der Waals surface area contributed by atoms with E-state index in [1.807, 2.05) is 13.8 Å². The van der Waals surface area contributed by atoms with Crippen molar-refractivity contribution in [2.45, 2.75) is 19.8 Å². The molecular weight excluding hydrogens is 282 g/mol. The van der Waals surface area contributed by atoms with Gasteiger partial charge < -0.3 is 11.1 Å². The van der Waals surface area contributed by atoms with Gasteiger partial charge >= 0.3 is 0 Å². The van der Waals surface area contributed by atoms with Crippen molar-refractivity contribution < 1.29 is 13.2 Å². The van der Waals surface area contributed by atoms with Gasteiger partial charge in [0.15, 0.2) is 5.69 Å². The van der Waals surface area contributed by atoms with Gasteiger partial charge in [-0.3, -0.25) is 4.79 Å². The van der Waals surface area contributed by atoms with Crippen LogP contribution in [0.4, 0.5) is 5.69 Å². The Labute approximate surface area is 118 Å². The molecule has 4 N–H and O–H groups in total. The summed E-state index contributed by atoms with van der Waals surface area (Å²) in [6.07, 6.45) is 1.38. The van der Waals surface area contributed by atoms with Gasteiger partial charge in [-0.1, -0.05) is 13.8 Å². The van der Waals surface area contributed by atoms with Crippen molar-refractivity contribution in [3.8, 4) is 0 Å². The third-order valence-electron chi connectivity index (χ3n) is 2.53. The van der Waals surface area contributed by atoms with Gasteiger partial charge in [-0.05, 0) is 7.05 Å². The Hall–Kier alpha value is -1.74. The number of nitrogen functional groups attached to an aromatic ring is 1. The van der Waals surface area contributed by atoms with Crippen LogP contribution < -0.4 is 15.8 Å². The molecule has 20 heavy (non-hydrogen) atoms. The molecule has 0 saturated heterocycles. The molecule has 0 aromatic carbocycles. The lowest BCUT2D eigenvalue weighted by Crippen LogP contribution is -2.33. The van der Waals surface area contributed by atoms with E-state index in [0.29, 0.717) is 5.82 Å². The highest BCUT2D eigenvalue weighted by Gasteiger charge is 2.15. The van der Waals surface area contributed by atoms with E-state index >= 15 is 0 Å². The predicted molar refractivity (Wildman–Crippen MR) is 75.7 cm³/mol. The fourth-order valence-corrected chi connectivity index (χ4v) is 1.92. The van der Waals surface area contributed by atoms with E-state index in [4.69, 9.17) is 5.73 Å². The first kappa shape index (κ1) is 16.3. The summed E-state index contributed by atoms with van der Waals surface area (Å²) >= 11 is 0. The zero-order valence-corrected chi connectivity index (χ0v) is 12.5. The van der Waals surface area contributed by atoms with Crippen molar-refractivity contribution in [2.24, 2.45) is 0 Å². The van der Waals surface area contributed by atoms with E-state index in [1.165, 1.54) is 13.2 Å². The average molecular weight is 301 g/mol. The Kier molecular flexibility index (Phi) is 5.40. The lowest BCUT2D eigenvalue weighted by Gasteiger charge is -2.09. The first-order valence-corrected chi connectivity index (χ1v) is 7.74. The summed E-state index contributed by atoms with van der Waals surface area (Å²) in [5, 5.41) is 2.47. The van der Waals surface area contributed by atoms with E-state index in [-0.39, 0.29) is 29.6 Å². The summed E-state index contributed by atoms with van der Waals surface area (Å²) in [6.45, 7) is 3.77. The number of rotatable bonds is 6. The Bertz CT molecular complexity index is 586. The van der Waals surface area contributed by atoms with Gasteiger partial charge in [0.1, 0.15) is 5.82 Å². The predicted octanol–water partition coefficient (Wildman–Crippen LogP) is -0.539. The van der Waals surface area contributed by atoms with Crippen LogP contribution in [0.25, 0.3) is 0 Å². The van der Waals surface area contributed by atoms with Gasteiger partial charge in [0.05, 0.1) is 17.6 Å². The van der Waals surface area contributed by atoms with Crippen molar-refractivity contribution in [1.82, 2.24) is 20.0 Å². The van der Waals surface area contributed by atoms with Crippen LogP contribution in [0, 0.1) is 0 Å². The van der Waals surface area contributed by atoms with Crippen molar-refractivity contribution in [1.29, 1.82) is 0 Å². The van der Waals surface area contributed by atoms with Crippen LogP contribution in [0.5, 0.6) is 0 Å². The molecule has 9 heteroatoms. The second-order valence-electron chi connectivity index (χ2n) is 4.47. The summed E-state index contributed by atoms with van der Waals surface area (Å²) in [6, 6.07) is 0. The molecule has 0 aliphatic rings. The minimum Gasteiger partial charge on any atom is -0.396 e. The number of hydrogen-bond acceptors (Lipinski definition) is 6. The van der Waals surface area contributed by atoms with Crippen LogP contribution in [0.3, 0.4) is 0 Å². The number of nitrogens with one attached hydrogen (secondary N) is 2. The van der Waals surface area contributed by atoms with Gasteiger partial charge in [0.2, 0.25) is 10.0 Å². The highest BCUT2D eigenvalue weighted by Crippen LogP contribution is 2.13. The molecule has 0 bridgehead atoms. The van der Waals surface area contributed by atoms with Crippen molar-refractivity contribution >= 4 is 21.6 Å². The quantitative estimate of drug-likeness (QED) is 0.647. The average Bonchev–Trinajstić information content (AvgIpc) is 2.38. The largest absolute Gasteiger partial charge is 0.396 e. The number of hydrogen-bond donors (Lipinski definition) is 3. The maximum absolute atomic E-state index is 11.9. The van der Waals surface area contributed by atoms with Crippen LogP contribution in [-0.4, -0.2) is 43.6 Å². The van der Waals surface area contributed by atoms with E-state index in [0.717, 1.165) is 0 Å². The number of amides is 1. The summed E-state index contributed by atoms with van der Waals surface area (Å²) in [5.41, 5.74) is 5.87. The molecule has 1 rings (SSSR count). The topological polar surface area (TPSA) is 127 Å². The molecule has 0 radical (unpaired) electrons. The standard InChI is InChI=1S/C11H19N5O3S/c1-7(2)10-15-6-8(12)9(16-10)11(17)14-4-5-20(18,19)13-3/h6-7,13H,4-5,12H2,1-3H3,(H,14,17). The normalized spacial score (nSPS) is 11.6. The molecule has 1 aromatic rings. The van der Waals surface area contributed by atoms with Crippen LogP contribution in [0.15, 0.2) is 6.20 Å². The molecule has 8 nitrogen and oxygen atoms in total. The molecular formula is C11H19N5O3S.